The summed E-state index contributed by atoms with van der Waals surface area (Å²) < 4.78 is 7.67. The second-order valence-electron chi connectivity index (χ2n) is 14.6. The molecule has 1 aromatic carbocycles. The summed E-state index contributed by atoms with van der Waals surface area (Å²) in [5, 5.41) is 19.4. The van der Waals surface area contributed by atoms with Gasteiger partial charge in [-0.2, -0.15) is 0 Å². The van der Waals surface area contributed by atoms with Crippen LogP contribution in [0.4, 0.5) is 5.69 Å². The van der Waals surface area contributed by atoms with Crippen LogP contribution in [0.5, 0.6) is 0 Å². The van der Waals surface area contributed by atoms with Crippen LogP contribution < -0.4 is 26.2 Å². The summed E-state index contributed by atoms with van der Waals surface area (Å²) >= 11 is 11.7. The third-order valence-corrected chi connectivity index (χ3v) is 12.2. The Labute approximate surface area is 363 Å². The number of carbonyl (C=O) groups excluding carboxylic acids is 5. The lowest BCUT2D eigenvalue weighted by Crippen LogP contribution is -2.57. The van der Waals surface area contributed by atoms with E-state index in [0.29, 0.717) is 36.8 Å². The Bertz CT molecular complexity index is 1830. The van der Waals surface area contributed by atoms with E-state index in [1.54, 1.807) is 40.7 Å². The summed E-state index contributed by atoms with van der Waals surface area (Å²) in [6, 6.07) is 3.25. The van der Waals surface area contributed by atoms with Gasteiger partial charge in [0.1, 0.15) is 35.8 Å². The zero-order valence-electron chi connectivity index (χ0n) is 34.4. The average Bonchev–Trinajstić information content (AvgIpc) is 3.49. The molecule has 0 saturated carbocycles. The molecule has 0 unspecified atom stereocenters. The van der Waals surface area contributed by atoms with Crippen molar-refractivity contribution in [3.8, 4) is 0 Å². The Morgan fingerprint density at radius 2 is 1.71 bits per heavy atom. The van der Waals surface area contributed by atoms with Crippen LogP contribution in [-0.2, 0) is 47.0 Å². The van der Waals surface area contributed by atoms with Crippen LogP contribution in [-0.4, -0.2) is 111 Å². The lowest BCUT2D eigenvalue weighted by atomic mass is 10.0. The summed E-state index contributed by atoms with van der Waals surface area (Å²) in [6.07, 6.45) is 5.91. The summed E-state index contributed by atoms with van der Waals surface area (Å²) in [4.78, 5) is 82.6. The van der Waals surface area contributed by atoms with Crippen LogP contribution in [0.15, 0.2) is 42.1 Å². The van der Waals surface area contributed by atoms with Gasteiger partial charge >= 0.3 is 11.9 Å². The number of nitrogens with zero attached hydrogens (tertiary/aromatic N) is 3. The molecule has 2 aliphatic heterocycles. The Balaban J connectivity index is 0.000000347. The number of hydrogen-bond donors (Lipinski definition) is 5. The number of nitrogens with one attached hydrogen (secondary N) is 4. The molecule has 1 fully saturated rings. The third kappa shape index (κ3) is 15.6. The number of esters is 1. The van der Waals surface area contributed by atoms with Gasteiger partial charge in [0.05, 0.1) is 17.5 Å². The lowest BCUT2D eigenvalue weighted by molar-refractivity contribution is -0.153. The van der Waals surface area contributed by atoms with Crippen molar-refractivity contribution in [1.29, 1.82) is 0 Å². The molecule has 1 saturated heterocycles. The predicted molar refractivity (Wildman–Crippen MR) is 235 cm³/mol. The van der Waals surface area contributed by atoms with Gasteiger partial charge in [-0.25, -0.2) is 9.78 Å². The van der Waals surface area contributed by atoms with E-state index in [1.807, 2.05) is 35.9 Å². The number of hydrogen-bond acceptors (Lipinski definition) is 11. The van der Waals surface area contributed by atoms with E-state index in [-0.39, 0.29) is 36.1 Å². The number of allylic oxidation sites excluding steroid dienone is 2. The van der Waals surface area contributed by atoms with Crippen molar-refractivity contribution in [2.45, 2.75) is 91.0 Å². The fraction of sp³-hybridized carbons (Fsp3) is 0.575. The Morgan fingerprint density at radius 1 is 1.02 bits per heavy atom. The highest BCUT2D eigenvalue weighted by molar-refractivity contribution is 8.76. The van der Waals surface area contributed by atoms with Gasteiger partial charge in [-0.3, -0.25) is 24.0 Å². The van der Waals surface area contributed by atoms with Gasteiger partial charge in [-0.05, 0) is 55.9 Å². The zero-order chi connectivity index (χ0) is 43.6. The lowest BCUT2D eigenvalue weighted by Gasteiger charge is -2.27. The molecule has 0 radical (unpaired) electrons. The number of halogens is 2. The van der Waals surface area contributed by atoms with E-state index in [4.69, 9.17) is 33.0 Å². The Kier molecular flexibility index (Phi) is 20.9. The zero-order valence-corrected chi connectivity index (χ0v) is 37.6. The SMILES string of the molecule is C/C=C1\NC(=O)[C@H]2CSSCC/C=C/[C@H](CC(=O)N[C@H](C(C)C)C(=O)N2)OC(=O)[C@H](C(C)C)NC1=O.Cn1c(CCCC(=O)O)nc2cc(N(CCCl)CCCl)ccc21. The number of aromatic nitrogens is 2. The smallest absolute Gasteiger partial charge is 0.329 e. The van der Waals surface area contributed by atoms with E-state index in [1.165, 1.54) is 27.7 Å². The maximum absolute atomic E-state index is 13.2. The van der Waals surface area contributed by atoms with Crippen molar-refractivity contribution in [3.63, 3.8) is 0 Å². The van der Waals surface area contributed by atoms with Crippen LogP contribution in [0.1, 0.15) is 66.1 Å². The number of benzene rings is 1. The second kappa shape index (κ2) is 25.0. The van der Waals surface area contributed by atoms with Crippen LogP contribution in [0.2, 0.25) is 0 Å². The molecule has 326 valence electrons. The van der Waals surface area contributed by atoms with E-state index >= 15 is 0 Å². The molecule has 19 heteroatoms. The van der Waals surface area contributed by atoms with Gasteiger partial charge in [0.2, 0.25) is 17.7 Å². The molecule has 0 spiro atoms. The predicted octanol–water partition coefficient (Wildman–Crippen LogP) is 4.69. The highest BCUT2D eigenvalue weighted by Crippen LogP contribution is 2.25. The van der Waals surface area contributed by atoms with Crippen molar-refractivity contribution < 1.29 is 38.6 Å². The number of anilines is 1. The normalized spacial score (nSPS) is 22.4. The first kappa shape index (κ1) is 49.4. The summed E-state index contributed by atoms with van der Waals surface area (Å²) in [5.41, 5.74) is 2.95. The minimum Gasteiger partial charge on any atom is -0.481 e. The molecule has 5 N–H and O–H groups in total. The second-order valence-corrected chi connectivity index (χ2v) is 18.0. The largest absolute Gasteiger partial charge is 0.481 e. The average molecular weight is 899 g/mol. The molecule has 2 aliphatic rings. The molecule has 2 aromatic rings. The number of imidazole rings is 1. The Morgan fingerprint density at radius 3 is 2.34 bits per heavy atom. The number of amides is 4. The number of rotatable bonds is 11. The Hall–Kier alpha value is -3.93. The topological polar surface area (TPSA) is 201 Å². The number of alkyl halides is 2. The van der Waals surface area contributed by atoms with Gasteiger partial charge < -0.3 is 40.6 Å². The molecule has 59 heavy (non-hydrogen) atoms. The van der Waals surface area contributed by atoms with E-state index in [0.717, 1.165) is 35.6 Å². The summed E-state index contributed by atoms with van der Waals surface area (Å²) in [5.74, 6) is -1.34. The van der Waals surface area contributed by atoms with E-state index in [2.05, 4.69) is 31.2 Å². The van der Waals surface area contributed by atoms with E-state index < -0.39 is 59.8 Å². The number of aliphatic carboxylic acids is 1. The minimum atomic E-state index is -1.00. The van der Waals surface area contributed by atoms with Crippen molar-refractivity contribution in [1.82, 2.24) is 30.8 Å². The molecule has 4 atom stereocenters. The van der Waals surface area contributed by atoms with Gasteiger partial charge in [-0.15, -0.1) is 23.2 Å². The van der Waals surface area contributed by atoms with Gasteiger partial charge in [-0.1, -0.05) is 61.4 Å². The first-order chi connectivity index (χ1) is 28.1. The monoisotopic (exact) mass is 897 g/mol. The highest BCUT2D eigenvalue weighted by atomic mass is 35.5. The number of carboxylic acids is 1. The highest BCUT2D eigenvalue weighted by Gasteiger charge is 2.33. The minimum absolute atomic E-state index is 0.0445. The fourth-order valence-corrected chi connectivity index (χ4v) is 8.70. The summed E-state index contributed by atoms with van der Waals surface area (Å²) in [6.45, 7) is 10.1. The van der Waals surface area contributed by atoms with Crippen molar-refractivity contribution >= 4 is 97.1 Å². The number of fused-ring (bicyclic) bond motifs is 8. The number of ether oxygens (including phenoxy) is 1. The first-order valence-electron chi connectivity index (χ1n) is 19.6. The number of carboxylic acid groups (broad SMARTS) is 1. The van der Waals surface area contributed by atoms with Crippen LogP contribution in [0.3, 0.4) is 0 Å². The number of aryl methyl sites for hydroxylation is 2. The molecular weight excluding hydrogens is 842 g/mol. The third-order valence-electron chi connectivity index (χ3n) is 9.41. The molecule has 3 heterocycles. The molecule has 2 bridgehead atoms. The van der Waals surface area contributed by atoms with Crippen LogP contribution >= 0.6 is 44.8 Å². The van der Waals surface area contributed by atoms with Crippen molar-refractivity contribution in [2.24, 2.45) is 18.9 Å². The molecule has 4 rings (SSSR count). The quantitative estimate of drug-likeness (QED) is 0.0686. The number of carbonyl (C=O) groups is 6. The van der Waals surface area contributed by atoms with Crippen LogP contribution in [0.25, 0.3) is 11.0 Å². The molecule has 1 aromatic heterocycles. The maximum atomic E-state index is 13.2. The van der Waals surface area contributed by atoms with Crippen LogP contribution in [0, 0.1) is 11.8 Å². The fourth-order valence-electron chi connectivity index (χ4n) is 6.13. The molecule has 15 nitrogen and oxygen atoms in total. The molecular formula is C40H57Cl2N7O8S2. The maximum Gasteiger partial charge on any atom is 0.329 e. The van der Waals surface area contributed by atoms with Gasteiger partial charge in [0.15, 0.2) is 0 Å². The molecule has 0 aliphatic carbocycles. The van der Waals surface area contributed by atoms with Gasteiger partial charge in [0.25, 0.3) is 5.91 Å². The summed E-state index contributed by atoms with van der Waals surface area (Å²) in [7, 11) is 4.91. The molecule has 4 amide bonds. The standard InChI is InChI=1S/C24H36N4O6S2.C16H21Cl2N3O2/c1-6-16-21(30)28-20(14(4)5)24(33)34-15-9-7-8-10-35-36-12-17(22(31)25-16)26-23(32)19(13(2)3)27-18(29)11-15;1-20-14-6-5-12(21(9-7-17)10-8-18)11-13(14)19-15(20)3-2-4-16(22)23/h6-7,9,13-15,17,19-20H,8,10-12H2,1-5H3,(H,25,31)(H,26,32)(H,27,29)(H,28,30);5-6,11H,2-4,7-10H2,1H3,(H,22,23)/b9-7+,16-6-;/t15-,17-,19-,20+;/m1./s1. The van der Waals surface area contributed by atoms with Crippen molar-refractivity contribution in [2.75, 3.05) is 41.3 Å². The van der Waals surface area contributed by atoms with Gasteiger partial charge in [0, 0.05) is 61.9 Å². The first-order valence-corrected chi connectivity index (χ1v) is 23.2. The van der Waals surface area contributed by atoms with E-state index in [9.17, 15) is 28.8 Å². The van der Waals surface area contributed by atoms with Crippen molar-refractivity contribution in [3.05, 3.63) is 47.9 Å².